The van der Waals surface area contributed by atoms with Crippen LogP contribution < -0.4 is 15.4 Å². The van der Waals surface area contributed by atoms with Gasteiger partial charge in [-0.3, -0.25) is 19.6 Å². The summed E-state index contributed by atoms with van der Waals surface area (Å²) >= 11 is 0. The molecule has 0 unspecified atom stereocenters. The summed E-state index contributed by atoms with van der Waals surface area (Å²) < 4.78 is 5.70. The number of nitrogens with zero attached hydrogens (tertiary/aromatic N) is 2. The van der Waals surface area contributed by atoms with Crippen LogP contribution >= 0.6 is 0 Å². The van der Waals surface area contributed by atoms with Gasteiger partial charge in [0.25, 0.3) is 11.8 Å². The Kier molecular flexibility index (Phi) is 7.13. The molecule has 34 heavy (non-hydrogen) atoms. The second kappa shape index (κ2) is 10.6. The molecule has 7 heteroatoms. The number of fused-ring (bicyclic) bond motifs is 1. The third-order valence-electron chi connectivity index (χ3n) is 5.34. The van der Waals surface area contributed by atoms with E-state index in [0.29, 0.717) is 40.4 Å². The summed E-state index contributed by atoms with van der Waals surface area (Å²) in [4.78, 5) is 34.1. The number of benzene rings is 3. The predicted molar refractivity (Wildman–Crippen MR) is 133 cm³/mol. The maximum Gasteiger partial charge on any atom is 0.255 e. The molecule has 0 saturated carbocycles. The van der Waals surface area contributed by atoms with Gasteiger partial charge in [0.05, 0.1) is 17.6 Å². The fourth-order valence-corrected chi connectivity index (χ4v) is 3.40. The lowest BCUT2D eigenvalue weighted by atomic mass is 10.1. The number of carbonyl (C=O) groups excluding carboxylic acids is 2. The van der Waals surface area contributed by atoms with Crippen LogP contribution in [0, 0.1) is 6.92 Å². The zero-order chi connectivity index (χ0) is 23.9. The van der Waals surface area contributed by atoms with Crippen molar-refractivity contribution < 1.29 is 14.3 Å². The SMILES string of the molecule is CCCCOc1cccc(C(=O)Nc2ccc(C)c(NC(=O)c3ccc4nccnc4c3)c2)c1. The number of anilines is 2. The van der Waals surface area contributed by atoms with Crippen LogP contribution in [-0.4, -0.2) is 28.4 Å². The topological polar surface area (TPSA) is 93.2 Å². The van der Waals surface area contributed by atoms with Crippen molar-refractivity contribution in [2.45, 2.75) is 26.7 Å². The van der Waals surface area contributed by atoms with E-state index in [4.69, 9.17) is 4.74 Å². The van der Waals surface area contributed by atoms with E-state index in [0.717, 1.165) is 23.9 Å². The van der Waals surface area contributed by atoms with Crippen LogP contribution in [0.4, 0.5) is 11.4 Å². The third-order valence-corrected chi connectivity index (χ3v) is 5.34. The van der Waals surface area contributed by atoms with Crippen molar-refractivity contribution >= 4 is 34.2 Å². The van der Waals surface area contributed by atoms with Crippen molar-refractivity contribution in [1.29, 1.82) is 0 Å². The highest BCUT2D eigenvalue weighted by Gasteiger charge is 2.12. The molecule has 0 fully saturated rings. The fraction of sp³-hybridized carbons (Fsp3) is 0.185. The van der Waals surface area contributed by atoms with Gasteiger partial charge in [-0.15, -0.1) is 0 Å². The predicted octanol–water partition coefficient (Wildman–Crippen LogP) is 5.62. The molecule has 172 valence electrons. The summed E-state index contributed by atoms with van der Waals surface area (Å²) in [6, 6.07) is 17.7. The van der Waals surface area contributed by atoms with Gasteiger partial charge in [-0.05, 0) is 67.4 Å². The van der Waals surface area contributed by atoms with E-state index >= 15 is 0 Å². The average Bonchev–Trinajstić information content (AvgIpc) is 2.86. The largest absolute Gasteiger partial charge is 0.494 e. The lowest BCUT2D eigenvalue weighted by Crippen LogP contribution is -2.15. The number of nitrogens with one attached hydrogen (secondary N) is 2. The number of amides is 2. The number of aryl methyl sites for hydroxylation is 1. The Morgan fingerprint density at radius 3 is 2.44 bits per heavy atom. The van der Waals surface area contributed by atoms with Gasteiger partial charge in [0.1, 0.15) is 5.75 Å². The van der Waals surface area contributed by atoms with Crippen LogP contribution in [-0.2, 0) is 0 Å². The van der Waals surface area contributed by atoms with E-state index in [1.807, 2.05) is 19.1 Å². The van der Waals surface area contributed by atoms with Gasteiger partial charge >= 0.3 is 0 Å². The molecule has 0 radical (unpaired) electrons. The van der Waals surface area contributed by atoms with Gasteiger partial charge in [-0.2, -0.15) is 0 Å². The molecular formula is C27H26N4O3. The number of hydrogen-bond donors (Lipinski definition) is 2. The van der Waals surface area contributed by atoms with E-state index < -0.39 is 0 Å². The Labute approximate surface area is 198 Å². The van der Waals surface area contributed by atoms with Crippen molar-refractivity contribution in [1.82, 2.24) is 9.97 Å². The van der Waals surface area contributed by atoms with Crippen molar-refractivity contribution in [2.24, 2.45) is 0 Å². The van der Waals surface area contributed by atoms with Crippen molar-refractivity contribution in [3.05, 3.63) is 89.7 Å². The Morgan fingerprint density at radius 1 is 0.853 bits per heavy atom. The molecule has 2 N–H and O–H groups in total. The molecule has 2 amide bonds. The average molecular weight is 455 g/mol. The first kappa shape index (κ1) is 22.9. The first-order chi connectivity index (χ1) is 16.5. The van der Waals surface area contributed by atoms with Crippen LogP contribution in [0.1, 0.15) is 46.0 Å². The fourth-order valence-electron chi connectivity index (χ4n) is 3.40. The van der Waals surface area contributed by atoms with E-state index in [2.05, 4.69) is 27.5 Å². The summed E-state index contributed by atoms with van der Waals surface area (Å²) in [6.07, 6.45) is 5.20. The number of aromatic nitrogens is 2. The third kappa shape index (κ3) is 5.56. The Hall–Kier alpha value is -4.26. The molecule has 0 atom stereocenters. The Balaban J connectivity index is 1.47. The van der Waals surface area contributed by atoms with E-state index in [1.165, 1.54) is 0 Å². The Morgan fingerprint density at radius 2 is 1.62 bits per heavy atom. The molecule has 0 bridgehead atoms. The Bertz CT molecular complexity index is 1340. The number of rotatable bonds is 8. The lowest BCUT2D eigenvalue weighted by Gasteiger charge is -2.12. The zero-order valence-corrected chi connectivity index (χ0v) is 19.2. The summed E-state index contributed by atoms with van der Waals surface area (Å²) in [7, 11) is 0. The number of ether oxygens (including phenoxy) is 1. The normalized spacial score (nSPS) is 10.6. The van der Waals surface area contributed by atoms with Crippen molar-refractivity contribution in [3.8, 4) is 5.75 Å². The van der Waals surface area contributed by atoms with E-state index in [-0.39, 0.29) is 11.8 Å². The van der Waals surface area contributed by atoms with Crippen LogP contribution in [0.2, 0.25) is 0 Å². The lowest BCUT2D eigenvalue weighted by molar-refractivity contribution is 0.101. The molecule has 0 aliphatic rings. The summed E-state index contributed by atoms with van der Waals surface area (Å²) in [5.41, 5.74) is 4.40. The molecular weight excluding hydrogens is 428 g/mol. The van der Waals surface area contributed by atoms with Gasteiger partial charge < -0.3 is 15.4 Å². The zero-order valence-electron chi connectivity index (χ0n) is 19.2. The van der Waals surface area contributed by atoms with Crippen LogP contribution in [0.3, 0.4) is 0 Å². The molecule has 0 aliphatic carbocycles. The minimum atomic E-state index is -0.268. The summed E-state index contributed by atoms with van der Waals surface area (Å²) in [5.74, 6) is 0.143. The maximum absolute atomic E-state index is 12.8. The first-order valence-corrected chi connectivity index (χ1v) is 11.2. The summed E-state index contributed by atoms with van der Waals surface area (Å²) in [6.45, 7) is 4.61. The highest BCUT2D eigenvalue weighted by molar-refractivity contribution is 6.07. The summed E-state index contributed by atoms with van der Waals surface area (Å²) in [5, 5.41) is 5.82. The minimum absolute atomic E-state index is 0.254. The minimum Gasteiger partial charge on any atom is -0.494 e. The van der Waals surface area contributed by atoms with Crippen LogP contribution in [0.25, 0.3) is 11.0 Å². The quantitative estimate of drug-likeness (QED) is 0.337. The van der Waals surface area contributed by atoms with E-state index in [9.17, 15) is 9.59 Å². The van der Waals surface area contributed by atoms with Crippen LogP contribution in [0.15, 0.2) is 73.1 Å². The number of carbonyl (C=O) groups is 2. The molecule has 4 rings (SSSR count). The van der Waals surface area contributed by atoms with Gasteiger partial charge in [-0.25, -0.2) is 0 Å². The second-order valence-electron chi connectivity index (χ2n) is 7.93. The molecule has 0 spiro atoms. The highest BCUT2D eigenvalue weighted by atomic mass is 16.5. The van der Waals surface area contributed by atoms with Gasteiger partial charge in [0, 0.05) is 34.9 Å². The number of unbranched alkanes of at least 4 members (excludes halogenated alkanes) is 1. The van der Waals surface area contributed by atoms with Gasteiger partial charge in [-0.1, -0.05) is 25.5 Å². The smallest absolute Gasteiger partial charge is 0.255 e. The monoisotopic (exact) mass is 454 g/mol. The molecule has 4 aromatic rings. The first-order valence-electron chi connectivity index (χ1n) is 11.2. The maximum atomic E-state index is 12.8. The van der Waals surface area contributed by atoms with Gasteiger partial charge in [0.15, 0.2) is 0 Å². The van der Waals surface area contributed by atoms with E-state index in [1.54, 1.807) is 60.9 Å². The molecule has 7 nitrogen and oxygen atoms in total. The molecule has 1 heterocycles. The van der Waals surface area contributed by atoms with Gasteiger partial charge in [0.2, 0.25) is 0 Å². The molecule has 3 aromatic carbocycles. The highest BCUT2D eigenvalue weighted by Crippen LogP contribution is 2.23. The van der Waals surface area contributed by atoms with Crippen LogP contribution in [0.5, 0.6) is 5.75 Å². The number of hydrogen-bond acceptors (Lipinski definition) is 5. The standard InChI is InChI=1S/C27H26N4O3/c1-3-4-14-34-22-7-5-6-19(15-22)26(32)30-21-10-8-18(2)24(17-21)31-27(33)20-9-11-23-25(16-20)29-13-12-28-23/h5-13,15-17H,3-4,14H2,1-2H3,(H,30,32)(H,31,33). The second-order valence-corrected chi connectivity index (χ2v) is 7.93. The molecule has 1 aromatic heterocycles. The molecule has 0 saturated heterocycles. The van der Waals surface area contributed by atoms with Crippen molar-refractivity contribution in [2.75, 3.05) is 17.2 Å². The van der Waals surface area contributed by atoms with Crippen molar-refractivity contribution in [3.63, 3.8) is 0 Å². The molecule has 0 aliphatic heterocycles.